The van der Waals surface area contributed by atoms with Crippen LogP contribution in [0, 0.1) is 13.8 Å². The predicted octanol–water partition coefficient (Wildman–Crippen LogP) is -0.471. The van der Waals surface area contributed by atoms with E-state index in [1.165, 1.54) is 5.56 Å². The molecule has 0 amide bonds. The molecule has 0 saturated heterocycles. The number of hydrogen-bond donors (Lipinski definition) is 0. The van der Waals surface area contributed by atoms with Gasteiger partial charge >= 0.3 is 51.4 Å². The molecule has 0 aliphatic rings. The summed E-state index contributed by atoms with van der Waals surface area (Å²) in [5, 5.41) is 0. The van der Waals surface area contributed by atoms with Crippen LogP contribution in [0.5, 0.6) is 0 Å². The molecular weight excluding hydrogens is 173 g/mol. The summed E-state index contributed by atoms with van der Waals surface area (Å²) in [7, 11) is 0. The standard InChI is InChI=1S/C10H14N.K/c1-4-5-10-7-8(2)6-9(3)11-10;/h6-7H,3-5H2,1-2H3;/q-1;+1. The van der Waals surface area contributed by atoms with Gasteiger partial charge in [0.2, 0.25) is 0 Å². The SMILES string of the molecule is [CH2-]c1cc(C)cc(CCC)n1.[K+]. The molecule has 1 nitrogen and oxygen atoms in total. The number of aromatic nitrogens is 1. The largest absolute Gasteiger partial charge is 1.00 e. The first-order valence-corrected chi connectivity index (χ1v) is 4.02. The number of pyridine rings is 1. The van der Waals surface area contributed by atoms with Gasteiger partial charge in [0.05, 0.1) is 0 Å². The van der Waals surface area contributed by atoms with E-state index in [9.17, 15) is 0 Å². The molecule has 1 aromatic rings. The van der Waals surface area contributed by atoms with Crippen molar-refractivity contribution in [3.8, 4) is 0 Å². The van der Waals surface area contributed by atoms with Crippen LogP contribution in [0.25, 0.3) is 0 Å². The molecule has 0 radical (unpaired) electrons. The monoisotopic (exact) mass is 187 g/mol. The van der Waals surface area contributed by atoms with E-state index in [4.69, 9.17) is 0 Å². The van der Waals surface area contributed by atoms with E-state index in [0.29, 0.717) is 0 Å². The second-order valence-corrected chi connectivity index (χ2v) is 2.88. The molecule has 60 valence electrons. The Kier molecular flexibility index (Phi) is 6.50. The van der Waals surface area contributed by atoms with Crippen LogP contribution in [0.4, 0.5) is 0 Å². The maximum atomic E-state index is 4.31. The summed E-state index contributed by atoms with van der Waals surface area (Å²) < 4.78 is 0. The minimum Gasteiger partial charge on any atom is -0.292 e. The van der Waals surface area contributed by atoms with Gasteiger partial charge in [-0.15, -0.1) is 11.3 Å². The van der Waals surface area contributed by atoms with Crippen LogP contribution in [0.15, 0.2) is 12.1 Å². The fourth-order valence-corrected chi connectivity index (χ4v) is 1.20. The molecule has 1 rings (SSSR count). The quantitative estimate of drug-likeness (QED) is 0.450. The number of aryl methyl sites for hydroxylation is 2. The molecule has 0 saturated carbocycles. The predicted molar refractivity (Wildman–Crippen MR) is 47.4 cm³/mol. The van der Waals surface area contributed by atoms with Gasteiger partial charge in [-0.05, 0) is 6.42 Å². The van der Waals surface area contributed by atoms with Crippen molar-refractivity contribution in [2.75, 3.05) is 0 Å². The summed E-state index contributed by atoms with van der Waals surface area (Å²) in [4.78, 5) is 4.31. The zero-order valence-corrected chi connectivity index (χ0v) is 11.3. The van der Waals surface area contributed by atoms with Crippen LogP contribution >= 0.6 is 0 Å². The summed E-state index contributed by atoms with van der Waals surface area (Å²) >= 11 is 0. The van der Waals surface area contributed by atoms with Gasteiger partial charge in [-0.1, -0.05) is 26.3 Å². The summed E-state index contributed by atoms with van der Waals surface area (Å²) in [5.74, 6) is 0. The molecule has 0 N–H and O–H groups in total. The van der Waals surface area contributed by atoms with Crippen LogP contribution in [0.1, 0.15) is 30.3 Å². The summed E-state index contributed by atoms with van der Waals surface area (Å²) in [5.41, 5.74) is 3.31. The van der Waals surface area contributed by atoms with Crippen LogP contribution in [-0.4, -0.2) is 4.98 Å². The smallest absolute Gasteiger partial charge is 0.292 e. The average molecular weight is 187 g/mol. The normalized spacial score (nSPS) is 9.17. The summed E-state index contributed by atoms with van der Waals surface area (Å²) in [6.45, 7) is 8.05. The number of hydrogen-bond acceptors (Lipinski definition) is 1. The van der Waals surface area contributed by atoms with E-state index in [1.807, 2.05) is 6.07 Å². The first-order chi connectivity index (χ1) is 5.22. The van der Waals surface area contributed by atoms with Crippen molar-refractivity contribution in [2.45, 2.75) is 26.7 Å². The van der Waals surface area contributed by atoms with E-state index >= 15 is 0 Å². The molecule has 1 heterocycles. The summed E-state index contributed by atoms with van der Waals surface area (Å²) in [6.07, 6.45) is 2.21. The maximum Gasteiger partial charge on any atom is 1.00 e. The van der Waals surface area contributed by atoms with Crippen molar-refractivity contribution in [3.05, 3.63) is 36.0 Å². The van der Waals surface area contributed by atoms with Crippen molar-refractivity contribution >= 4 is 0 Å². The first-order valence-electron chi connectivity index (χ1n) is 4.02. The van der Waals surface area contributed by atoms with Crippen molar-refractivity contribution < 1.29 is 51.4 Å². The van der Waals surface area contributed by atoms with Crippen LogP contribution in [0.2, 0.25) is 0 Å². The topological polar surface area (TPSA) is 12.9 Å². The third-order valence-electron chi connectivity index (χ3n) is 1.58. The van der Waals surface area contributed by atoms with E-state index < -0.39 is 0 Å². The van der Waals surface area contributed by atoms with Gasteiger partial charge in [0.1, 0.15) is 0 Å². The molecule has 0 aromatic carbocycles. The van der Waals surface area contributed by atoms with E-state index in [1.54, 1.807) is 0 Å². The Morgan fingerprint density at radius 3 is 2.58 bits per heavy atom. The summed E-state index contributed by atoms with van der Waals surface area (Å²) in [6, 6.07) is 4.12. The van der Waals surface area contributed by atoms with Gasteiger partial charge in [-0.3, -0.25) is 4.98 Å². The van der Waals surface area contributed by atoms with Gasteiger partial charge in [-0.25, -0.2) is 6.92 Å². The van der Waals surface area contributed by atoms with Gasteiger partial charge in [0, 0.05) is 5.69 Å². The van der Waals surface area contributed by atoms with Crippen LogP contribution in [0.3, 0.4) is 0 Å². The minimum atomic E-state index is 0. The fraction of sp³-hybridized carbons (Fsp3) is 0.400. The van der Waals surface area contributed by atoms with Gasteiger partial charge < -0.3 is 0 Å². The van der Waals surface area contributed by atoms with E-state index in [0.717, 1.165) is 24.2 Å². The van der Waals surface area contributed by atoms with Crippen molar-refractivity contribution in [1.82, 2.24) is 4.98 Å². The van der Waals surface area contributed by atoms with E-state index in [2.05, 4.69) is 31.8 Å². The first kappa shape index (κ1) is 12.7. The molecule has 1 aromatic heterocycles. The second kappa shape index (κ2) is 6.16. The molecule has 0 bridgehead atoms. The Balaban J connectivity index is 0.00000121. The molecular formula is C10H14KN. The molecule has 0 unspecified atom stereocenters. The van der Waals surface area contributed by atoms with Gasteiger partial charge in [0.25, 0.3) is 0 Å². The number of rotatable bonds is 2. The minimum absolute atomic E-state index is 0. The zero-order valence-electron chi connectivity index (χ0n) is 8.22. The van der Waals surface area contributed by atoms with Crippen molar-refractivity contribution in [1.29, 1.82) is 0 Å². The molecule has 0 aliphatic carbocycles. The third-order valence-corrected chi connectivity index (χ3v) is 1.58. The van der Waals surface area contributed by atoms with Crippen molar-refractivity contribution in [3.63, 3.8) is 0 Å². The Bertz CT molecular complexity index is 225. The zero-order chi connectivity index (χ0) is 8.27. The van der Waals surface area contributed by atoms with Crippen LogP contribution in [-0.2, 0) is 6.42 Å². The molecule has 0 atom stereocenters. The molecule has 0 fully saturated rings. The average Bonchev–Trinajstić information content (AvgIpc) is 1.85. The Labute approximate surface area is 117 Å². The Morgan fingerprint density at radius 1 is 1.42 bits per heavy atom. The molecule has 0 aliphatic heterocycles. The second-order valence-electron chi connectivity index (χ2n) is 2.88. The van der Waals surface area contributed by atoms with E-state index in [-0.39, 0.29) is 51.4 Å². The fourth-order valence-electron chi connectivity index (χ4n) is 1.20. The molecule has 2 heteroatoms. The van der Waals surface area contributed by atoms with Crippen LogP contribution < -0.4 is 51.4 Å². The third kappa shape index (κ3) is 4.05. The number of nitrogens with zero attached hydrogens (tertiary/aromatic N) is 1. The Hall–Kier alpha value is 0.656. The van der Waals surface area contributed by atoms with Gasteiger partial charge in [-0.2, -0.15) is 6.07 Å². The molecule has 12 heavy (non-hydrogen) atoms. The Morgan fingerprint density at radius 2 is 2.08 bits per heavy atom. The molecule has 0 spiro atoms. The van der Waals surface area contributed by atoms with Gasteiger partial charge in [0.15, 0.2) is 0 Å². The maximum absolute atomic E-state index is 4.31. The van der Waals surface area contributed by atoms with Crippen molar-refractivity contribution in [2.24, 2.45) is 0 Å².